The van der Waals surface area contributed by atoms with Crippen LogP contribution in [0.25, 0.3) is 0 Å². The number of sulfonamides is 1. The number of carbonyl (C=O) groups excluding carboxylic acids is 1. The van der Waals surface area contributed by atoms with Gasteiger partial charge in [-0.2, -0.15) is 4.31 Å². The van der Waals surface area contributed by atoms with Crippen molar-refractivity contribution in [2.75, 3.05) is 19.6 Å². The van der Waals surface area contributed by atoms with E-state index in [1.807, 2.05) is 0 Å². The Hall–Kier alpha value is -0.340. The Labute approximate surface area is 135 Å². The van der Waals surface area contributed by atoms with E-state index in [1.165, 1.54) is 16.4 Å². The first-order valence-electron chi connectivity index (χ1n) is 5.74. The predicted molar refractivity (Wildman–Crippen MR) is 80.5 cm³/mol. The molecule has 0 radical (unpaired) electrons. The molecule has 1 aromatic carbocycles. The summed E-state index contributed by atoms with van der Waals surface area (Å²) in [7, 11) is -3.83. The molecule has 0 bridgehead atoms. The fourth-order valence-corrected chi connectivity index (χ4v) is 5.22. The smallest absolute Gasteiger partial charge is 0.246 e. The Morgan fingerprint density at radius 2 is 1.80 bits per heavy atom. The van der Waals surface area contributed by atoms with Crippen molar-refractivity contribution in [3.05, 3.63) is 26.7 Å². The molecule has 1 heterocycles. The standard InChI is InChI=1S/C11H11BrCl2N2O3S/c12-7-5-8(13)11(9(14)6-7)20(18,19)16-3-1-10(17)15-2-4-16/h5-6H,1-4H2,(H,15,17). The fourth-order valence-electron chi connectivity index (χ4n) is 1.89. The molecule has 1 N–H and O–H groups in total. The summed E-state index contributed by atoms with van der Waals surface area (Å²) < 4.78 is 27.0. The Morgan fingerprint density at radius 3 is 2.40 bits per heavy atom. The molecule has 0 atom stereocenters. The van der Waals surface area contributed by atoms with Gasteiger partial charge in [0, 0.05) is 30.5 Å². The number of hydrogen-bond acceptors (Lipinski definition) is 3. The molecule has 0 spiro atoms. The van der Waals surface area contributed by atoms with Crippen LogP contribution >= 0.6 is 39.1 Å². The van der Waals surface area contributed by atoms with Crippen LogP contribution in [-0.4, -0.2) is 38.3 Å². The molecule has 110 valence electrons. The van der Waals surface area contributed by atoms with Gasteiger partial charge in [-0.05, 0) is 12.1 Å². The molecular formula is C11H11BrCl2N2O3S. The minimum absolute atomic E-state index is 0.0490. The van der Waals surface area contributed by atoms with Crippen molar-refractivity contribution in [1.29, 1.82) is 0 Å². The van der Waals surface area contributed by atoms with Crippen molar-refractivity contribution in [3.63, 3.8) is 0 Å². The van der Waals surface area contributed by atoms with Gasteiger partial charge < -0.3 is 5.32 Å². The van der Waals surface area contributed by atoms with Crippen LogP contribution in [0.3, 0.4) is 0 Å². The van der Waals surface area contributed by atoms with Gasteiger partial charge in [-0.1, -0.05) is 39.1 Å². The Bertz CT molecular complexity index is 628. The van der Waals surface area contributed by atoms with Gasteiger partial charge in [0.15, 0.2) is 0 Å². The summed E-state index contributed by atoms with van der Waals surface area (Å²) in [6.45, 7) is 0.567. The quantitative estimate of drug-likeness (QED) is 0.826. The van der Waals surface area contributed by atoms with Gasteiger partial charge in [0.25, 0.3) is 0 Å². The van der Waals surface area contributed by atoms with Gasteiger partial charge in [0.1, 0.15) is 4.90 Å². The predicted octanol–water partition coefficient (Wildman–Crippen LogP) is 2.27. The largest absolute Gasteiger partial charge is 0.355 e. The van der Waals surface area contributed by atoms with Crippen molar-refractivity contribution in [2.45, 2.75) is 11.3 Å². The van der Waals surface area contributed by atoms with E-state index >= 15 is 0 Å². The van der Waals surface area contributed by atoms with Crippen LogP contribution in [-0.2, 0) is 14.8 Å². The van der Waals surface area contributed by atoms with Crippen LogP contribution in [0.4, 0.5) is 0 Å². The zero-order valence-electron chi connectivity index (χ0n) is 10.2. The summed E-state index contributed by atoms with van der Waals surface area (Å²) in [4.78, 5) is 11.2. The Morgan fingerprint density at radius 1 is 1.20 bits per heavy atom. The number of nitrogens with one attached hydrogen (secondary N) is 1. The highest BCUT2D eigenvalue weighted by molar-refractivity contribution is 9.10. The average molecular weight is 402 g/mol. The highest BCUT2D eigenvalue weighted by atomic mass is 79.9. The molecule has 9 heteroatoms. The van der Waals surface area contributed by atoms with Gasteiger partial charge in [0.2, 0.25) is 15.9 Å². The molecule has 0 unspecified atom stereocenters. The van der Waals surface area contributed by atoms with E-state index in [4.69, 9.17) is 23.2 Å². The molecule has 5 nitrogen and oxygen atoms in total. The molecule has 1 fully saturated rings. The Kier molecular flexibility index (Phi) is 4.96. The van der Waals surface area contributed by atoms with Crippen LogP contribution in [0, 0.1) is 0 Å². The number of halogens is 3. The van der Waals surface area contributed by atoms with Crippen LogP contribution in [0.1, 0.15) is 6.42 Å². The molecule has 0 aromatic heterocycles. The van der Waals surface area contributed by atoms with Crippen LogP contribution in [0.5, 0.6) is 0 Å². The zero-order chi connectivity index (χ0) is 14.9. The molecule has 20 heavy (non-hydrogen) atoms. The second kappa shape index (κ2) is 6.19. The molecule has 1 amide bonds. The maximum Gasteiger partial charge on any atom is 0.246 e. The van der Waals surface area contributed by atoms with Gasteiger partial charge in [0.05, 0.1) is 10.0 Å². The second-order valence-electron chi connectivity index (χ2n) is 4.20. The number of hydrogen-bond donors (Lipinski definition) is 1. The lowest BCUT2D eigenvalue weighted by Crippen LogP contribution is -2.34. The van der Waals surface area contributed by atoms with E-state index in [0.717, 1.165) is 0 Å². The van der Waals surface area contributed by atoms with Crippen molar-refractivity contribution in [1.82, 2.24) is 9.62 Å². The number of amides is 1. The molecule has 1 aliphatic heterocycles. The second-order valence-corrected chi connectivity index (χ2v) is 7.81. The van der Waals surface area contributed by atoms with Crippen LogP contribution < -0.4 is 5.32 Å². The minimum Gasteiger partial charge on any atom is -0.355 e. The first-order valence-corrected chi connectivity index (χ1v) is 8.72. The SMILES string of the molecule is O=C1CCN(S(=O)(=O)c2c(Cl)cc(Br)cc2Cl)CCN1. The molecule has 0 aliphatic carbocycles. The summed E-state index contributed by atoms with van der Waals surface area (Å²) in [6.07, 6.45) is 0.116. The monoisotopic (exact) mass is 400 g/mol. The van der Waals surface area contributed by atoms with E-state index < -0.39 is 10.0 Å². The first kappa shape index (κ1) is 16.0. The van der Waals surface area contributed by atoms with Crippen molar-refractivity contribution >= 4 is 55.1 Å². The summed E-state index contributed by atoms with van der Waals surface area (Å²) >= 11 is 15.2. The fraction of sp³-hybridized carbons (Fsp3) is 0.364. The number of carbonyl (C=O) groups is 1. The summed E-state index contributed by atoms with van der Waals surface area (Å²) in [5.74, 6) is -0.171. The number of nitrogens with zero attached hydrogens (tertiary/aromatic N) is 1. The third-order valence-corrected chi connectivity index (χ3v) is 6.11. The van der Waals surface area contributed by atoms with E-state index in [-0.39, 0.29) is 46.9 Å². The van der Waals surface area contributed by atoms with Crippen LogP contribution in [0.2, 0.25) is 10.0 Å². The zero-order valence-corrected chi connectivity index (χ0v) is 14.1. The third-order valence-electron chi connectivity index (χ3n) is 2.83. The molecule has 0 saturated carbocycles. The normalized spacial score (nSPS) is 17.6. The lowest BCUT2D eigenvalue weighted by molar-refractivity contribution is -0.120. The maximum atomic E-state index is 12.6. The lowest BCUT2D eigenvalue weighted by Gasteiger charge is -2.20. The average Bonchev–Trinajstić information content (AvgIpc) is 2.52. The number of benzene rings is 1. The summed E-state index contributed by atoms with van der Waals surface area (Å²) in [5.41, 5.74) is 0. The lowest BCUT2D eigenvalue weighted by atomic mass is 10.4. The van der Waals surface area contributed by atoms with Gasteiger partial charge in [-0.25, -0.2) is 8.42 Å². The molecule has 1 saturated heterocycles. The highest BCUT2D eigenvalue weighted by Crippen LogP contribution is 2.34. The first-order chi connectivity index (χ1) is 9.32. The topological polar surface area (TPSA) is 66.5 Å². The van der Waals surface area contributed by atoms with E-state index in [2.05, 4.69) is 21.2 Å². The van der Waals surface area contributed by atoms with E-state index in [9.17, 15) is 13.2 Å². The molecule has 1 aromatic rings. The summed E-state index contributed by atoms with van der Waals surface area (Å²) in [5, 5.41) is 2.72. The maximum absolute atomic E-state index is 12.6. The summed E-state index contributed by atoms with van der Waals surface area (Å²) in [6, 6.07) is 2.95. The molecular weight excluding hydrogens is 391 g/mol. The van der Waals surface area contributed by atoms with Crippen molar-refractivity contribution in [2.24, 2.45) is 0 Å². The minimum atomic E-state index is -3.83. The Balaban J connectivity index is 2.42. The van der Waals surface area contributed by atoms with Crippen LogP contribution in [0.15, 0.2) is 21.5 Å². The van der Waals surface area contributed by atoms with E-state index in [0.29, 0.717) is 4.47 Å². The number of rotatable bonds is 2. The van der Waals surface area contributed by atoms with E-state index in [1.54, 1.807) is 0 Å². The third kappa shape index (κ3) is 3.28. The van der Waals surface area contributed by atoms with Crippen molar-refractivity contribution in [3.8, 4) is 0 Å². The molecule has 1 aliphatic rings. The van der Waals surface area contributed by atoms with Gasteiger partial charge in [-0.3, -0.25) is 4.79 Å². The van der Waals surface area contributed by atoms with Gasteiger partial charge >= 0.3 is 0 Å². The van der Waals surface area contributed by atoms with Gasteiger partial charge in [-0.15, -0.1) is 0 Å². The highest BCUT2D eigenvalue weighted by Gasteiger charge is 2.30. The van der Waals surface area contributed by atoms with Crippen molar-refractivity contribution < 1.29 is 13.2 Å². The molecule has 2 rings (SSSR count).